The van der Waals surface area contributed by atoms with Crippen LogP contribution >= 0.6 is 0 Å². The lowest BCUT2D eigenvalue weighted by atomic mass is 9.81. The molecule has 1 aliphatic rings. The van der Waals surface area contributed by atoms with Gasteiger partial charge in [0.25, 0.3) is 0 Å². The monoisotopic (exact) mass is 313 g/mol. The predicted molar refractivity (Wildman–Crippen MR) is 89.8 cm³/mol. The highest BCUT2D eigenvalue weighted by molar-refractivity contribution is 5.91. The van der Waals surface area contributed by atoms with Gasteiger partial charge >= 0.3 is 0 Å². The number of benzene rings is 1. The number of hydrogen-bond acceptors (Lipinski definition) is 2. The number of rotatable bonds is 4. The second-order valence-corrected chi connectivity index (χ2v) is 6.49. The molecule has 3 rings (SSSR count). The molecule has 122 valence electrons. The van der Waals surface area contributed by atoms with Crippen LogP contribution in [-0.4, -0.2) is 21.9 Å². The highest BCUT2D eigenvalue weighted by Crippen LogP contribution is 2.28. The first kappa shape index (κ1) is 15.6. The number of hydrogen-bond donors (Lipinski definition) is 2. The van der Waals surface area contributed by atoms with Gasteiger partial charge in [-0.15, -0.1) is 0 Å². The van der Waals surface area contributed by atoms with Crippen molar-refractivity contribution in [3.05, 3.63) is 36.0 Å². The summed E-state index contributed by atoms with van der Waals surface area (Å²) in [7, 11) is 0. The summed E-state index contributed by atoms with van der Waals surface area (Å²) in [4.78, 5) is 24.4. The molecule has 1 aromatic carbocycles. The summed E-state index contributed by atoms with van der Waals surface area (Å²) >= 11 is 0. The molecule has 3 N–H and O–H groups in total. The van der Waals surface area contributed by atoms with Gasteiger partial charge in [-0.2, -0.15) is 0 Å². The number of fused-ring (bicyclic) bond motifs is 1. The van der Waals surface area contributed by atoms with E-state index in [0.29, 0.717) is 12.8 Å². The van der Waals surface area contributed by atoms with Crippen LogP contribution in [0.15, 0.2) is 30.3 Å². The lowest BCUT2D eigenvalue weighted by molar-refractivity contribution is -0.133. The zero-order chi connectivity index (χ0) is 16.4. The number of aryl methyl sites for hydroxylation is 1. The van der Waals surface area contributed by atoms with Crippen LogP contribution in [0.2, 0.25) is 0 Å². The summed E-state index contributed by atoms with van der Waals surface area (Å²) in [6, 6.07) is 10.0. The summed E-state index contributed by atoms with van der Waals surface area (Å²) < 4.78 is 1.97. The number of aromatic nitrogens is 1. The Balaban J connectivity index is 1.80. The molecule has 0 aliphatic heterocycles. The Morgan fingerprint density at radius 2 is 1.91 bits per heavy atom. The van der Waals surface area contributed by atoms with E-state index in [0.717, 1.165) is 35.9 Å². The largest absolute Gasteiger partial charge is 0.368 e. The molecule has 1 aromatic heterocycles. The van der Waals surface area contributed by atoms with E-state index in [-0.39, 0.29) is 12.5 Å². The number of primary amides is 1. The average molecular weight is 313 g/mol. The van der Waals surface area contributed by atoms with E-state index in [1.807, 2.05) is 35.8 Å². The van der Waals surface area contributed by atoms with Gasteiger partial charge < -0.3 is 15.6 Å². The van der Waals surface area contributed by atoms with Crippen molar-refractivity contribution in [2.45, 2.75) is 51.1 Å². The minimum absolute atomic E-state index is 0.157. The number of amides is 2. The molecular weight excluding hydrogens is 290 g/mol. The van der Waals surface area contributed by atoms with Crippen molar-refractivity contribution in [3.63, 3.8) is 0 Å². The van der Waals surface area contributed by atoms with Crippen LogP contribution < -0.4 is 11.1 Å². The zero-order valence-corrected chi connectivity index (χ0v) is 13.5. The van der Waals surface area contributed by atoms with Crippen molar-refractivity contribution in [2.24, 2.45) is 5.73 Å². The topological polar surface area (TPSA) is 77.1 Å². The van der Waals surface area contributed by atoms with Crippen LogP contribution in [0.1, 0.15) is 37.8 Å². The minimum Gasteiger partial charge on any atom is -0.368 e. The van der Waals surface area contributed by atoms with Crippen LogP contribution in [0.3, 0.4) is 0 Å². The van der Waals surface area contributed by atoms with E-state index in [4.69, 9.17) is 5.73 Å². The number of carbonyl (C=O) groups excluding carboxylic acids is 2. The number of nitrogens with zero attached hydrogens (tertiary/aromatic N) is 1. The van der Waals surface area contributed by atoms with Gasteiger partial charge in [-0.05, 0) is 37.3 Å². The molecule has 1 aliphatic carbocycles. The molecular formula is C18H23N3O2. The quantitative estimate of drug-likeness (QED) is 0.908. The standard InChI is InChI=1S/C18H23N3O2/c1-13-11-14-7-3-4-8-15(14)21(13)12-16(22)20-18(17(19)23)9-5-2-6-10-18/h3-4,7-8,11H,2,5-6,9-10,12H2,1H3,(H2,19,23)(H,20,22). The summed E-state index contributed by atoms with van der Waals surface area (Å²) in [5.74, 6) is -0.574. The van der Waals surface area contributed by atoms with Crippen LogP contribution in [0, 0.1) is 6.92 Å². The van der Waals surface area contributed by atoms with Crippen LogP contribution in [-0.2, 0) is 16.1 Å². The number of carbonyl (C=O) groups is 2. The highest BCUT2D eigenvalue weighted by Gasteiger charge is 2.39. The molecule has 1 fully saturated rings. The molecule has 0 atom stereocenters. The van der Waals surface area contributed by atoms with Crippen molar-refractivity contribution in [2.75, 3.05) is 0 Å². The fourth-order valence-electron chi connectivity index (χ4n) is 3.60. The lowest BCUT2D eigenvalue weighted by Gasteiger charge is -2.35. The summed E-state index contributed by atoms with van der Waals surface area (Å²) in [5.41, 5.74) is 6.77. The first-order chi connectivity index (χ1) is 11.0. The second kappa shape index (κ2) is 6.07. The Morgan fingerprint density at radius 3 is 2.61 bits per heavy atom. The van der Waals surface area contributed by atoms with Crippen molar-refractivity contribution in [3.8, 4) is 0 Å². The van der Waals surface area contributed by atoms with E-state index in [1.54, 1.807) is 0 Å². The van der Waals surface area contributed by atoms with Gasteiger partial charge in [0.15, 0.2) is 0 Å². The molecule has 5 nitrogen and oxygen atoms in total. The molecule has 1 saturated carbocycles. The maximum absolute atomic E-state index is 12.5. The first-order valence-corrected chi connectivity index (χ1v) is 8.18. The van der Waals surface area contributed by atoms with E-state index in [9.17, 15) is 9.59 Å². The molecule has 0 bridgehead atoms. The molecule has 5 heteroatoms. The predicted octanol–water partition coefficient (Wildman–Crippen LogP) is 2.25. The van der Waals surface area contributed by atoms with Crippen LogP contribution in [0.4, 0.5) is 0 Å². The summed E-state index contributed by atoms with van der Waals surface area (Å²) in [6.45, 7) is 2.19. The van der Waals surface area contributed by atoms with Gasteiger partial charge in [-0.1, -0.05) is 37.5 Å². The Hall–Kier alpha value is -2.30. The van der Waals surface area contributed by atoms with Gasteiger partial charge in [-0.25, -0.2) is 0 Å². The molecule has 0 saturated heterocycles. The van der Waals surface area contributed by atoms with E-state index in [1.165, 1.54) is 0 Å². The van der Waals surface area contributed by atoms with Gasteiger partial charge in [0.05, 0.1) is 0 Å². The SMILES string of the molecule is Cc1cc2ccccc2n1CC(=O)NC1(C(N)=O)CCCCC1. The molecule has 2 aromatic rings. The van der Waals surface area contributed by atoms with Gasteiger partial charge in [-0.3, -0.25) is 9.59 Å². The molecule has 1 heterocycles. The van der Waals surface area contributed by atoms with Crippen molar-refractivity contribution in [1.82, 2.24) is 9.88 Å². The summed E-state index contributed by atoms with van der Waals surface area (Å²) in [5, 5.41) is 4.04. The van der Waals surface area contributed by atoms with Gasteiger partial charge in [0, 0.05) is 11.2 Å². The fourth-order valence-corrected chi connectivity index (χ4v) is 3.60. The number of nitrogens with two attached hydrogens (primary N) is 1. The minimum atomic E-state index is -0.869. The zero-order valence-electron chi connectivity index (χ0n) is 13.5. The number of para-hydroxylation sites is 1. The molecule has 0 radical (unpaired) electrons. The van der Waals surface area contributed by atoms with Crippen molar-refractivity contribution in [1.29, 1.82) is 0 Å². The third-order valence-corrected chi connectivity index (χ3v) is 4.88. The summed E-state index contributed by atoms with van der Waals surface area (Å²) in [6.07, 6.45) is 4.22. The molecule has 23 heavy (non-hydrogen) atoms. The number of nitrogens with one attached hydrogen (secondary N) is 1. The molecule has 2 amide bonds. The highest BCUT2D eigenvalue weighted by atomic mass is 16.2. The Morgan fingerprint density at radius 1 is 1.22 bits per heavy atom. The smallest absolute Gasteiger partial charge is 0.243 e. The van der Waals surface area contributed by atoms with Crippen molar-refractivity contribution >= 4 is 22.7 Å². The first-order valence-electron chi connectivity index (χ1n) is 8.18. The van der Waals surface area contributed by atoms with E-state index in [2.05, 4.69) is 11.4 Å². The van der Waals surface area contributed by atoms with Crippen molar-refractivity contribution < 1.29 is 9.59 Å². The van der Waals surface area contributed by atoms with Crippen LogP contribution in [0.25, 0.3) is 10.9 Å². The van der Waals surface area contributed by atoms with E-state index >= 15 is 0 Å². The van der Waals surface area contributed by atoms with Gasteiger partial charge in [0.1, 0.15) is 12.1 Å². The molecule has 0 spiro atoms. The fraction of sp³-hybridized carbons (Fsp3) is 0.444. The Labute approximate surface area is 135 Å². The lowest BCUT2D eigenvalue weighted by Crippen LogP contribution is -2.59. The maximum Gasteiger partial charge on any atom is 0.243 e. The Bertz CT molecular complexity index is 742. The molecule has 0 unspecified atom stereocenters. The van der Waals surface area contributed by atoms with Gasteiger partial charge in [0.2, 0.25) is 11.8 Å². The second-order valence-electron chi connectivity index (χ2n) is 6.49. The Kier molecular flexibility index (Phi) is 4.11. The third-order valence-electron chi connectivity index (χ3n) is 4.88. The van der Waals surface area contributed by atoms with E-state index < -0.39 is 11.4 Å². The van der Waals surface area contributed by atoms with Crippen LogP contribution in [0.5, 0.6) is 0 Å². The maximum atomic E-state index is 12.5. The third kappa shape index (κ3) is 2.96. The normalized spacial score (nSPS) is 17.1. The average Bonchev–Trinajstić information content (AvgIpc) is 2.84.